The number of allylic oxidation sites excluding steroid dienone is 2. The highest BCUT2D eigenvalue weighted by Gasteiger charge is 2.20. The predicted octanol–water partition coefficient (Wildman–Crippen LogP) is 5.12. The second-order valence-electron chi connectivity index (χ2n) is 6.28. The van der Waals surface area contributed by atoms with Gasteiger partial charge in [-0.2, -0.15) is 0 Å². The molecule has 2 aromatic rings. The zero-order chi connectivity index (χ0) is 17.8. The zero-order valence-corrected chi connectivity index (χ0v) is 14.1. The molecule has 0 saturated heterocycles. The minimum atomic E-state index is -0.425. The number of Topliss-reactive ketones (excluding diaryl/α,β-unsaturated/α-hetero) is 1. The van der Waals surface area contributed by atoms with Gasteiger partial charge in [-0.25, -0.2) is 0 Å². The molecule has 3 rings (SSSR count). The summed E-state index contributed by atoms with van der Waals surface area (Å²) in [5, 5.41) is 10.7. The number of rotatable bonds is 3. The molecule has 0 heterocycles. The van der Waals surface area contributed by atoms with Crippen molar-refractivity contribution in [2.45, 2.75) is 26.2 Å². The lowest BCUT2D eigenvalue weighted by atomic mass is 9.87. The molecule has 1 saturated carbocycles. The quantitative estimate of drug-likeness (QED) is 0.445. The molecule has 1 aliphatic carbocycles. The molecule has 1 fully saturated rings. The molecule has 0 N–H and O–H groups in total. The van der Waals surface area contributed by atoms with Crippen LogP contribution in [0.4, 0.5) is 5.69 Å². The number of nitrogens with zero attached hydrogens (tertiary/aromatic N) is 1. The van der Waals surface area contributed by atoms with Gasteiger partial charge in [0.1, 0.15) is 0 Å². The van der Waals surface area contributed by atoms with Crippen LogP contribution in [-0.2, 0) is 4.79 Å². The number of nitro groups is 1. The van der Waals surface area contributed by atoms with Crippen molar-refractivity contribution in [1.29, 1.82) is 0 Å². The third kappa shape index (κ3) is 4.10. The average molecular weight is 333 g/mol. The number of ketones is 1. The van der Waals surface area contributed by atoms with Gasteiger partial charge in [-0.3, -0.25) is 14.9 Å². The lowest BCUT2D eigenvalue weighted by Crippen LogP contribution is -2.12. The van der Waals surface area contributed by atoms with Gasteiger partial charge in [-0.05, 0) is 61.6 Å². The van der Waals surface area contributed by atoms with E-state index < -0.39 is 4.92 Å². The molecular formula is C21H19NO3. The number of carbonyl (C=O) groups excluding carboxylic acids is 1. The van der Waals surface area contributed by atoms with E-state index >= 15 is 0 Å². The number of non-ortho nitro benzene ring substituents is 1. The summed E-state index contributed by atoms with van der Waals surface area (Å²) in [6, 6.07) is 14.4. The third-order valence-electron chi connectivity index (χ3n) is 4.34. The van der Waals surface area contributed by atoms with Crippen molar-refractivity contribution in [3.8, 4) is 0 Å². The van der Waals surface area contributed by atoms with E-state index in [0.717, 1.165) is 41.5 Å². The van der Waals surface area contributed by atoms with E-state index in [0.29, 0.717) is 0 Å². The van der Waals surface area contributed by atoms with Crippen molar-refractivity contribution in [3.63, 3.8) is 0 Å². The fourth-order valence-corrected chi connectivity index (χ4v) is 2.94. The van der Waals surface area contributed by atoms with Gasteiger partial charge in [-0.15, -0.1) is 0 Å². The summed E-state index contributed by atoms with van der Waals surface area (Å²) in [4.78, 5) is 23.0. The van der Waals surface area contributed by atoms with Crippen LogP contribution in [0.3, 0.4) is 0 Å². The maximum absolute atomic E-state index is 12.7. The molecule has 0 unspecified atom stereocenters. The van der Waals surface area contributed by atoms with Crippen LogP contribution < -0.4 is 0 Å². The summed E-state index contributed by atoms with van der Waals surface area (Å²) in [6.45, 7) is 2.04. The highest BCUT2D eigenvalue weighted by molar-refractivity contribution is 6.13. The van der Waals surface area contributed by atoms with Gasteiger partial charge in [0.05, 0.1) is 4.92 Å². The monoisotopic (exact) mass is 333 g/mol. The normalized spacial score (nSPS) is 17.9. The smallest absolute Gasteiger partial charge is 0.269 e. The number of carbonyl (C=O) groups is 1. The fourth-order valence-electron chi connectivity index (χ4n) is 2.94. The predicted molar refractivity (Wildman–Crippen MR) is 99.1 cm³/mol. The third-order valence-corrected chi connectivity index (χ3v) is 4.34. The Morgan fingerprint density at radius 2 is 1.36 bits per heavy atom. The lowest BCUT2D eigenvalue weighted by Gasteiger charge is -2.16. The van der Waals surface area contributed by atoms with E-state index in [1.54, 1.807) is 12.1 Å². The summed E-state index contributed by atoms with van der Waals surface area (Å²) in [7, 11) is 0. The van der Waals surface area contributed by atoms with Crippen LogP contribution in [0, 0.1) is 17.0 Å². The van der Waals surface area contributed by atoms with Gasteiger partial charge in [0.25, 0.3) is 5.69 Å². The Morgan fingerprint density at radius 1 is 0.880 bits per heavy atom. The largest absolute Gasteiger partial charge is 0.289 e. The number of nitro benzene ring substituents is 1. The Morgan fingerprint density at radius 3 is 1.84 bits per heavy atom. The number of aryl methyl sites for hydroxylation is 1. The molecular weight excluding hydrogens is 314 g/mol. The molecule has 0 aromatic heterocycles. The van der Waals surface area contributed by atoms with Gasteiger partial charge < -0.3 is 0 Å². The van der Waals surface area contributed by atoms with Crippen LogP contribution in [0.2, 0.25) is 0 Å². The summed E-state index contributed by atoms with van der Waals surface area (Å²) >= 11 is 0. The van der Waals surface area contributed by atoms with Crippen LogP contribution in [0.15, 0.2) is 59.7 Å². The Hall–Kier alpha value is -3.01. The van der Waals surface area contributed by atoms with E-state index in [1.165, 1.54) is 17.7 Å². The first-order chi connectivity index (χ1) is 12.0. The Kier molecular flexibility index (Phi) is 4.89. The summed E-state index contributed by atoms with van der Waals surface area (Å²) < 4.78 is 0. The van der Waals surface area contributed by atoms with Gasteiger partial charge in [0.15, 0.2) is 5.78 Å². The minimum absolute atomic E-state index is 0.0528. The molecule has 0 spiro atoms. The molecule has 25 heavy (non-hydrogen) atoms. The molecule has 0 bridgehead atoms. The first kappa shape index (κ1) is 16.8. The Bertz CT molecular complexity index is 859. The molecule has 0 radical (unpaired) electrons. The van der Waals surface area contributed by atoms with Crippen molar-refractivity contribution >= 4 is 23.6 Å². The van der Waals surface area contributed by atoms with E-state index in [1.807, 2.05) is 43.3 Å². The molecule has 4 heteroatoms. The first-order valence-corrected chi connectivity index (χ1v) is 8.30. The van der Waals surface area contributed by atoms with Crippen molar-refractivity contribution in [2.24, 2.45) is 0 Å². The molecule has 0 aliphatic heterocycles. The molecule has 4 nitrogen and oxygen atoms in total. The van der Waals surface area contributed by atoms with Crippen molar-refractivity contribution < 1.29 is 9.72 Å². The van der Waals surface area contributed by atoms with Crippen molar-refractivity contribution in [1.82, 2.24) is 0 Å². The van der Waals surface area contributed by atoms with Crippen LogP contribution in [0.25, 0.3) is 12.2 Å². The van der Waals surface area contributed by atoms with Crippen molar-refractivity contribution in [2.75, 3.05) is 0 Å². The maximum Gasteiger partial charge on any atom is 0.269 e. The van der Waals surface area contributed by atoms with Crippen molar-refractivity contribution in [3.05, 3.63) is 86.5 Å². The Labute approximate surface area is 146 Å². The Balaban J connectivity index is 1.84. The lowest BCUT2D eigenvalue weighted by molar-refractivity contribution is -0.384. The summed E-state index contributed by atoms with van der Waals surface area (Å²) in [6.07, 6.45) is 6.26. The number of hydrogen-bond donors (Lipinski definition) is 0. The number of hydrogen-bond acceptors (Lipinski definition) is 3. The van der Waals surface area contributed by atoms with E-state index in [9.17, 15) is 14.9 Å². The molecule has 2 aromatic carbocycles. The summed E-state index contributed by atoms with van der Waals surface area (Å²) in [5.74, 6) is 0.0742. The summed E-state index contributed by atoms with van der Waals surface area (Å²) in [5.41, 5.74) is 4.67. The number of benzene rings is 2. The van der Waals surface area contributed by atoms with E-state index in [4.69, 9.17) is 0 Å². The standard InChI is InChI=1S/C21H19NO3/c1-15-5-7-16(8-6-15)13-18-3-2-4-19(21(18)23)14-17-9-11-20(12-10-17)22(24)25/h5-14H,2-4H2,1H3/b18-13-,19-14-. The minimum Gasteiger partial charge on any atom is -0.289 e. The van der Waals surface area contributed by atoms with Gasteiger partial charge in [0.2, 0.25) is 0 Å². The van der Waals surface area contributed by atoms with Crippen LogP contribution in [-0.4, -0.2) is 10.7 Å². The van der Waals surface area contributed by atoms with Gasteiger partial charge >= 0.3 is 0 Å². The highest BCUT2D eigenvalue weighted by Crippen LogP contribution is 2.28. The second-order valence-corrected chi connectivity index (χ2v) is 6.28. The topological polar surface area (TPSA) is 60.2 Å². The van der Waals surface area contributed by atoms with Gasteiger partial charge in [0, 0.05) is 23.3 Å². The molecule has 126 valence electrons. The van der Waals surface area contributed by atoms with E-state index in [-0.39, 0.29) is 11.5 Å². The van der Waals surface area contributed by atoms with Crippen LogP contribution in [0.1, 0.15) is 36.0 Å². The molecule has 0 atom stereocenters. The second kappa shape index (κ2) is 7.26. The van der Waals surface area contributed by atoms with Crippen LogP contribution in [0.5, 0.6) is 0 Å². The highest BCUT2D eigenvalue weighted by atomic mass is 16.6. The molecule has 0 amide bonds. The first-order valence-electron chi connectivity index (χ1n) is 8.30. The SMILES string of the molecule is Cc1ccc(/C=C2/CCC/C(=C/c3ccc([N+](=O)[O-])cc3)C2=O)cc1. The van der Waals surface area contributed by atoms with E-state index in [2.05, 4.69) is 0 Å². The zero-order valence-electron chi connectivity index (χ0n) is 14.1. The molecule has 1 aliphatic rings. The maximum atomic E-state index is 12.7. The van der Waals surface area contributed by atoms with Crippen LogP contribution >= 0.6 is 0 Å². The van der Waals surface area contributed by atoms with Gasteiger partial charge in [-0.1, -0.05) is 29.8 Å². The fraction of sp³-hybridized carbons (Fsp3) is 0.190. The average Bonchev–Trinajstić information content (AvgIpc) is 2.61.